The standard InChI is InChI=1S/C15H29N3O3/c1-12-9-18(10-13(2)21-12)15(19)16-8-14-4-5-17(11-14)6-7-20-3/h12-14H,4-11H2,1-3H3,(H,16,19). The van der Waals surface area contributed by atoms with E-state index in [1.54, 1.807) is 7.11 Å². The third-order valence-electron chi connectivity index (χ3n) is 4.23. The van der Waals surface area contributed by atoms with E-state index in [1.807, 2.05) is 18.7 Å². The van der Waals surface area contributed by atoms with Gasteiger partial charge >= 0.3 is 6.03 Å². The number of morpholine rings is 1. The molecular weight excluding hydrogens is 270 g/mol. The number of nitrogens with one attached hydrogen (secondary N) is 1. The number of hydrogen-bond donors (Lipinski definition) is 1. The molecule has 0 aliphatic carbocycles. The van der Waals surface area contributed by atoms with Gasteiger partial charge in [-0.05, 0) is 32.7 Å². The summed E-state index contributed by atoms with van der Waals surface area (Å²) < 4.78 is 10.8. The Balaban J connectivity index is 1.67. The monoisotopic (exact) mass is 299 g/mol. The van der Waals surface area contributed by atoms with E-state index in [2.05, 4.69) is 10.2 Å². The van der Waals surface area contributed by atoms with Crippen molar-refractivity contribution in [3.63, 3.8) is 0 Å². The minimum absolute atomic E-state index is 0.0485. The average molecular weight is 299 g/mol. The van der Waals surface area contributed by atoms with Gasteiger partial charge in [0, 0.05) is 39.8 Å². The molecule has 0 aromatic rings. The van der Waals surface area contributed by atoms with Gasteiger partial charge in [0.15, 0.2) is 0 Å². The van der Waals surface area contributed by atoms with Crippen LogP contribution in [0, 0.1) is 5.92 Å². The number of likely N-dealkylation sites (tertiary alicyclic amines) is 1. The fourth-order valence-corrected chi connectivity index (χ4v) is 3.19. The van der Waals surface area contributed by atoms with Gasteiger partial charge in [-0.1, -0.05) is 0 Å². The Morgan fingerprint density at radius 1 is 1.29 bits per heavy atom. The molecule has 2 amide bonds. The van der Waals surface area contributed by atoms with Gasteiger partial charge in [-0.15, -0.1) is 0 Å². The maximum Gasteiger partial charge on any atom is 0.317 e. The number of amides is 2. The van der Waals surface area contributed by atoms with Gasteiger partial charge in [-0.2, -0.15) is 0 Å². The number of carbonyl (C=O) groups is 1. The molecule has 2 saturated heterocycles. The van der Waals surface area contributed by atoms with E-state index >= 15 is 0 Å². The molecule has 2 aliphatic heterocycles. The van der Waals surface area contributed by atoms with E-state index in [4.69, 9.17) is 9.47 Å². The van der Waals surface area contributed by atoms with Gasteiger partial charge in [0.1, 0.15) is 0 Å². The third kappa shape index (κ3) is 5.13. The van der Waals surface area contributed by atoms with E-state index in [0.717, 1.165) is 39.2 Å². The van der Waals surface area contributed by atoms with Crippen LogP contribution < -0.4 is 5.32 Å². The summed E-state index contributed by atoms with van der Waals surface area (Å²) in [6, 6.07) is 0.0485. The van der Waals surface area contributed by atoms with Crippen molar-refractivity contribution < 1.29 is 14.3 Å². The maximum atomic E-state index is 12.2. The normalized spacial score (nSPS) is 30.6. The highest BCUT2D eigenvalue weighted by atomic mass is 16.5. The number of hydrogen-bond acceptors (Lipinski definition) is 4. The van der Waals surface area contributed by atoms with Crippen molar-refractivity contribution >= 4 is 6.03 Å². The number of methoxy groups -OCH3 is 1. The summed E-state index contributed by atoms with van der Waals surface area (Å²) in [7, 11) is 1.73. The lowest BCUT2D eigenvalue weighted by molar-refractivity contribution is -0.0545. The van der Waals surface area contributed by atoms with Gasteiger partial charge < -0.3 is 24.6 Å². The van der Waals surface area contributed by atoms with Crippen LogP contribution in [-0.4, -0.2) is 81.0 Å². The van der Waals surface area contributed by atoms with E-state index < -0.39 is 0 Å². The fraction of sp³-hybridized carbons (Fsp3) is 0.933. The molecule has 122 valence electrons. The van der Waals surface area contributed by atoms with Crippen molar-refractivity contribution in [1.82, 2.24) is 15.1 Å². The summed E-state index contributed by atoms with van der Waals surface area (Å²) in [5.74, 6) is 0.557. The number of urea groups is 1. The highest BCUT2D eigenvalue weighted by Crippen LogP contribution is 2.15. The highest BCUT2D eigenvalue weighted by Gasteiger charge is 2.27. The minimum atomic E-state index is 0.0485. The van der Waals surface area contributed by atoms with Crippen LogP contribution in [0.2, 0.25) is 0 Å². The second-order valence-electron chi connectivity index (χ2n) is 6.30. The lowest BCUT2D eigenvalue weighted by atomic mass is 10.1. The van der Waals surface area contributed by atoms with E-state index in [9.17, 15) is 4.79 Å². The van der Waals surface area contributed by atoms with Crippen molar-refractivity contribution in [2.75, 3.05) is 53.0 Å². The molecule has 3 atom stereocenters. The van der Waals surface area contributed by atoms with Crippen LogP contribution in [0.25, 0.3) is 0 Å². The van der Waals surface area contributed by atoms with Crippen molar-refractivity contribution in [1.29, 1.82) is 0 Å². The molecule has 0 radical (unpaired) electrons. The first-order chi connectivity index (χ1) is 10.1. The molecule has 3 unspecified atom stereocenters. The molecule has 21 heavy (non-hydrogen) atoms. The molecule has 0 bridgehead atoms. The Morgan fingerprint density at radius 2 is 2.00 bits per heavy atom. The van der Waals surface area contributed by atoms with Gasteiger partial charge in [-0.3, -0.25) is 0 Å². The zero-order chi connectivity index (χ0) is 15.2. The quantitative estimate of drug-likeness (QED) is 0.815. The Kier molecular flexibility index (Phi) is 6.26. The molecule has 2 rings (SSSR count). The lowest BCUT2D eigenvalue weighted by Gasteiger charge is -2.35. The van der Waals surface area contributed by atoms with E-state index in [1.165, 1.54) is 0 Å². The third-order valence-corrected chi connectivity index (χ3v) is 4.23. The average Bonchev–Trinajstić information content (AvgIpc) is 2.89. The van der Waals surface area contributed by atoms with Crippen molar-refractivity contribution in [3.05, 3.63) is 0 Å². The molecule has 2 fully saturated rings. The Bertz CT molecular complexity index is 330. The molecule has 2 aliphatic rings. The highest BCUT2D eigenvalue weighted by molar-refractivity contribution is 5.74. The van der Waals surface area contributed by atoms with Crippen LogP contribution >= 0.6 is 0 Å². The topological polar surface area (TPSA) is 54.0 Å². The van der Waals surface area contributed by atoms with Gasteiger partial charge in [0.2, 0.25) is 0 Å². The molecule has 0 aromatic carbocycles. The Hall–Kier alpha value is -0.850. The molecule has 6 heteroatoms. The van der Waals surface area contributed by atoms with Crippen LogP contribution in [0.5, 0.6) is 0 Å². The number of rotatable bonds is 5. The summed E-state index contributed by atoms with van der Waals surface area (Å²) in [5.41, 5.74) is 0. The second kappa shape index (κ2) is 7.96. The number of ether oxygens (including phenoxy) is 2. The smallest absolute Gasteiger partial charge is 0.317 e. The maximum absolute atomic E-state index is 12.2. The molecule has 0 spiro atoms. The van der Waals surface area contributed by atoms with Gasteiger partial charge in [0.05, 0.1) is 18.8 Å². The molecule has 0 aromatic heterocycles. The van der Waals surface area contributed by atoms with E-state index in [-0.39, 0.29) is 18.2 Å². The SMILES string of the molecule is COCCN1CCC(CNC(=O)N2CC(C)OC(C)C2)C1. The van der Waals surface area contributed by atoms with Crippen LogP contribution in [0.1, 0.15) is 20.3 Å². The van der Waals surface area contributed by atoms with Crippen molar-refractivity contribution in [2.45, 2.75) is 32.5 Å². The fourth-order valence-electron chi connectivity index (χ4n) is 3.19. The predicted octanol–water partition coefficient (Wildman–Crippen LogP) is 0.774. The van der Waals surface area contributed by atoms with Crippen LogP contribution in [0.3, 0.4) is 0 Å². The molecule has 1 N–H and O–H groups in total. The largest absolute Gasteiger partial charge is 0.383 e. The molecule has 6 nitrogen and oxygen atoms in total. The van der Waals surface area contributed by atoms with Gasteiger partial charge in [-0.25, -0.2) is 4.79 Å². The molecular formula is C15H29N3O3. The lowest BCUT2D eigenvalue weighted by Crippen LogP contribution is -2.52. The summed E-state index contributed by atoms with van der Waals surface area (Å²) in [4.78, 5) is 16.5. The minimum Gasteiger partial charge on any atom is -0.383 e. The number of carbonyl (C=O) groups excluding carboxylic acids is 1. The zero-order valence-corrected chi connectivity index (χ0v) is 13.5. The first kappa shape index (κ1) is 16.5. The molecule has 2 heterocycles. The first-order valence-corrected chi connectivity index (χ1v) is 7.98. The second-order valence-corrected chi connectivity index (χ2v) is 6.30. The summed E-state index contributed by atoms with van der Waals surface area (Å²) >= 11 is 0. The first-order valence-electron chi connectivity index (χ1n) is 7.98. The van der Waals surface area contributed by atoms with Crippen molar-refractivity contribution in [3.8, 4) is 0 Å². The summed E-state index contributed by atoms with van der Waals surface area (Å²) in [6.45, 7) is 10.1. The number of nitrogens with zero attached hydrogens (tertiary/aromatic N) is 2. The van der Waals surface area contributed by atoms with Crippen molar-refractivity contribution in [2.24, 2.45) is 5.92 Å². The summed E-state index contributed by atoms with van der Waals surface area (Å²) in [6.07, 6.45) is 1.39. The zero-order valence-electron chi connectivity index (χ0n) is 13.5. The molecule has 0 saturated carbocycles. The van der Waals surface area contributed by atoms with E-state index in [0.29, 0.717) is 19.0 Å². The Labute approximate surface area is 127 Å². The van der Waals surface area contributed by atoms with Crippen LogP contribution in [0.4, 0.5) is 4.79 Å². The van der Waals surface area contributed by atoms with Crippen LogP contribution in [0.15, 0.2) is 0 Å². The Morgan fingerprint density at radius 3 is 2.67 bits per heavy atom. The van der Waals surface area contributed by atoms with Gasteiger partial charge in [0.25, 0.3) is 0 Å². The predicted molar refractivity (Wildman–Crippen MR) is 81.4 cm³/mol. The van der Waals surface area contributed by atoms with Crippen LogP contribution in [-0.2, 0) is 9.47 Å². The summed E-state index contributed by atoms with van der Waals surface area (Å²) in [5, 5.41) is 3.09.